The zero-order chi connectivity index (χ0) is 10.8. The first-order valence-electron chi connectivity index (χ1n) is 5.80. The maximum absolute atomic E-state index is 11.6. The monoisotopic (exact) mass is 212 g/mol. The summed E-state index contributed by atoms with van der Waals surface area (Å²) in [6, 6.07) is 0.466. The molecule has 1 N–H and O–H groups in total. The average Bonchev–Trinajstić information content (AvgIpc) is 2.85. The number of carbonyl (C=O) groups excluding carboxylic acids is 1. The zero-order valence-corrected chi connectivity index (χ0v) is 9.53. The van der Waals surface area contributed by atoms with E-state index in [0.717, 1.165) is 25.9 Å². The quantitative estimate of drug-likeness (QED) is 0.735. The first-order chi connectivity index (χ1) is 7.13. The van der Waals surface area contributed by atoms with Gasteiger partial charge in [-0.1, -0.05) is 0 Å². The second kappa shape index (κ2) is 4.49. The average molecular weight is 212 g/mol. The van der Waals surface area contributed by atoms with E-state index in [1.54, 1.807) is 0 Å². The van der Waals surface area contributed by atoms with Crippen LogP contribution < -0.4 is 5.32 Å². The first kappa shape index (κ1) is 10.9. The Bertz CT molecular complexity index is 231. The van der Waals surface area contributed by atoms with Crippen molar-refractivity contribution in [2.24, 2.45) is 0 Å². The van der Waals surface area contributed by atoms with Crippen LogP contribution in [0.2, 0.25) is 0 Å². The molecule has 4 nitrogen and oxygen atoms in total. The van der Waals surface area contributed by atoms with E-state index in [2.05, 4.69) is 24.1 Å². The van der Waals surface area contributed by atoms with Crippen LogP contribution in [0.1, 0.15) is 26.7 Å². The van der Waals surface area contributed by atoms with Crippen LogP contribution in [0.3, 0.4) is 0 Å². The smallest absolute Gasteiger partial charge is 0.234 e. The van der Waals surface area contributed by atoms with E-state index in [0.29, 0.717) is 12.6 Å². The Hall–Kier alpha value is -0.610. The Morgan fingerprint density at radius 3 is 2.47 bits per heavy atom. The van der Waals surface area contributed by atoms with Gasteiger partial charge in [-0.2, -0.15) is 0 Å². The Balaban J connectivity index is 1.74. The summed E-state index contributed by atoms with van der Waals surface area (Å²) in [7, 11) is 0. The van der Waals surface area contributed by atoms with Gasteiger partial charge < -0.3 is 10.1 Å². The van der Waals surface area contributed by atoms with Crippen LogP contribution in [0.5, 0.6) is 0 Å². The standard InChI is InChI=1S/C11H20N2O2/c1-8-5-13(6-9(2)15-8)7-11(14)12-10-3-4-10/h8-10H,3-7H2,1-2H3,(H,12,14)/t8-,9+. The molecule has 0 bridgehead atoms. The summed E-state index contributed by atoms with van der Waals surface area (Å²) in [5.41, 5.74) is 0. The summed E-state index contributed by atoms with van der Waals surface area (Å²) in [6.45, 7) is 6.36. The SMILES string of the molecule is C[C@@H]1CN(CC(=O)NC2CC2)C[C@H](C)O1. The molecule has 1 saturated carbocycles. The third-order valence-corrected chi connectivity index (χ3v) is 2.80. The summed E-state index contributed by atoms with van der Waals surface area (Å²) in [4.78, 5) is 13.8. The van der Waals surface area contributed by atoms with E-state index in [4.69, 9.17) is 4.74 Å². The van der Waals surface area contributed by atoms with Crippen molar-refractivity contribution in [1.29, 1.82) is 0 Å². The van der Waals surface area contributed by atoms with Gasteiger partial charge in [0.2, 0.25) is 5.91 Å². The Morgan fingerprint density at radius 2 is 1.93 bits per heavy atom. The lowest BCUT2D eigenvalue weighted by Gasteiger charge is -2.34. The highest BCUT2D eigenvalue weighted by Crippen LogP contribution is 2.18. The van der Waals surface area contributed by atoms with Gasteiger partial charge in [-0.25, -0.2) is 0 Å². The van der Waals surface area contributed by atoms with Gasteiger partial charge in [-0.3, -0.25) is 9.69 Å². The van der Waals surface area contributed by atoms with Gasteiger partial charge in [0.15, 0.2) is 0 Å². The number of hydrogen-bond acceptors (Lipinski definition) is 3. The molecule has 2 fully saturated rings. The fourth-order valence-electron chi connectivity index (χ4n) is 2.12. The predicted octanol–water partition coefficient (Wildman–Crippen LogP) is 0.374. The molecule has 0 radical (unpaired) electrons. The molecule has 1 amide bonds. The molecule has 2 rings (SSSR count). The van der Waals surface area contributed by atoms with Gasteiger partial charge in [0.05, 0.1) is 18.8 Å². The molecule has 1 aliphatic heterocycles. The van der Waals surface area contributed by atoms with Gasteiger partial charge >= 0.3 is 0 Å². The lowest BCUT2D eigenvalue weighted by Crippen LogP contribution is -2.49. The van der Waals surface area contributed by atoms with E-state index in [-0.39, 0.29) is 18.1 Å². The van der Waals surface area contributed by atoms with E-state index < -0.39 is 0 Å². The topological polar surface area (TPSA) is 41.6 Å². The second-order valence-corrected chi connectivity index (χ2v) is 4.79. The molecule has 2 atom stereocenters. The summed E-state index contributed by atoms with van der Waals surface area (Å²) >= 11 is 0. The van der Waals surface area contributed by atoms with Gasteiger partial charge in [-0.15, -0.1) is 0 Å². The predicted molar refractivity (Wildman–Crippen MR) is 57.6 cm³/mol. The molecule has 0 aromatic carbocycles. The number of amides is 1. The highest BCUT2D eigenvalue weighted by atomic mass is 16.5. The number of nitrogens with zero attached hydrogens (tertiary/aromatic N) is 1. The fraction of sp³-hybridized carbons (Fsp3) is 0.909. The summed E-state index contributed by atoms with van der Waals surface area (Å²) in [5, 5.41) is 3.01. The molecule has 0 aromatic rings. The molecule has 86 valence electrons. The van der Waals surface area contributed by atoms with Crippen LogP contribution in [0.4, 0.5) is 0 Å². The minimum atomic E-state index is 0.166. The van der Waals surface area contributed by atoms with Crippen molar-refractivity contribution in [3.05, 3.63) is 0 Å². The van der Waals surface area contributed by atoms with Crippen LogP contribution in [-0.2, 0) is 9.53 Å². The molecule has 0 aromatic heterocycles. The lowest BCUT2D eigenvalue weighted by atomic mass is 10.2. The van der Waals surface area contributed by atoms with E-state index in [1.165, 1.54) is 0 Å². The molecule has 0 unspecified atom stereocenters. The summed E-state index contributed by atoms with van der Waals surface area (Å²) in [5.74, 6) is 0.166. The zero-order valence-electron chi connectivity index (χ0n) is 9.53. The second-order valence-electron chi connectivity index (χ2n) is 4.79. The molecule has 2 aliphatic rings. The van der Waals surface area contributed by atoms with Gasteiger partial charge in [0.1, 0.15) is 0 Å². The molecule has 15 heavy (non-hydrogen) atoms. The molecule has 1 saturated heterocycles. The van der Waals surface area contributed by atoms with Crippen molar-refractivity contribution in [2.45, 2.75) is 44.9 Å². The van der Waals surface area contributed by atoms with Crippen molar-refractivity contribution < 1.29 is 9.53 Å². The van der Waals surface area contributed by atoms with E-state index >= 15 is 0 Å². The van der Waals surface area contributed by atoms with Crippen molar-refractivity contribution in [2.75, 3.05) is 19.6 Å². The lowest BCUT2D eigenvalue weighted by molar-refractivity contribution is -0.126. The third-order valence-electron chi connectivity index (χ3n) is 2.80. The van der Waals surface area contributed by atoms with Crippen LogP contribution in [0, 0.1) is 0 Å². The van der Waals surface area contributed by atoms with Crippen molar-refractivity contribution in [3.63, 3.8) is 0 Å². The number of ether oxygens (including phenoxy) is 1. The Morgan fingerprint density at radius 1 is 1.33 bits per heavy atom. The number of rotatable bonds is 3. The molecular formula is C11H20N2O2. The largest absolute Gasteiger partial charge is 0.373 e. The number of nitrogens with one attached hydrogen (secondary N) is 1. The number of carbonyl (C=O) groups is 1. The molecular weight excluding hydrogens is 192 g/mol. The Kier molecular flexibility index (Phi) is 3.26. The molecule has 1 heterocycles. The highest BCUT2D eigenvalue weighted by Gasteiger charge is 2.27. The van der Waals surface area contributed by atoms with Crippen molar-refractivity contribution in [3.8, 4) is 0 Å². The minimum Gasteiger partial charge on any atom is -0.373 e. The first-order valence-corrected chi connectivity index (χ1v) is 5.80. The minimum absolute atomic E-state index is 0.166. The van der Waals surface area contributed by atoms with Gasteiger partial charge in [0, 0.05) is 19.1 Å². The number of morpholine rings is 1. The van der Waals surface area contributed by atoms with Crippen LogP contribution in [0.25, 0.3) is 0 Å². The van der Waals surface area contributed by atoms with E-state index in [1.807, 2.05) is 0 Å². The Labute approximate surface area is 91.0 Å². The van der Waals surface area contributed by atoms with Gasteiger partial charge in [0.25, 0.3) is 0 Å². The summed E-state index contributed by atoms with van der Waals surface area (Å²) < 4.78 is 5.62. The molecule has 4 heteroatoms. The fourth-order valence-corrected chi connectivity index (χ4v) is 2.12. The van der Waals surface area contributed by atoms with Crippen LogP contribution in [0.15, 0.2) is 0 Å². The maximum atomic E-state index is 11.6. The van der Waals surface area contributed by atoms with Crippen LogP contribution >= 0.6 is 0 Å². The van der Waals surface area contributed by atoms with Crippen molar-refractivity contribution in [1.82, 2.24) is 10.2 Å². The van der Waals surface area contributed by atoms with Crippen LogP contribution in [-0.4, -0.2) is 48.7 Å². The summed E-state index contributed by atoms with van der Waals surface area (Å²) in [6.07, 6.45) is 2.79. The normalized spacial score (nSPS) is 32.7. The van der Waals surface area contributed by atoms with E-state index in [9.17, 15) is 4.79 Å². The molecule has 1 aliphatic carbocycles. The van der Waals surface area contributed by atoms with Gasteiger partial charge in [-0.05, 0) is 26.7 Å². The maximum Gasteiger partial charge on any atom is 0.234 e. The van der Waals surface area contributed by atoms with Crippen molar-refractivity contribution >= 4 is 5.91 Å². The highest BCUT2D eigenvalue weighted by molar-refractivity contribution is 5.78. The third kappa shape index (κ3) is 3.47. The number of hydrogen-bond donors (Lipinski definition) is 1. The molecule has 0 spiro atoms.